The van der Waals surface area contributed by atoms with Crippen molar-refractivity contribution in [1.82, 2.24) is 15.2 Å². The Morgan fingerprint density at radius 1 is 1.44 bits per heavy atom. The van der Waals surface area contributed by atoms with E-state index in [1.807, 2.05) is 13.1 Å². The average molecular weight is 223 g/mol. The third kappa shape index (κ3) is 5.09. The van der Waals surface area contributed by atoms with Crippen LogP contribution in [0, 0.1) is 0 Å². The quantitative estimate of drug-likeness (QED) is 0.750. The van der Waals surface area contributed by atoms with Gasteiger partial charge in [0.15, 0.2) is 0 Å². The molecule has 0 radical (unpaired) electrons. The first-order chi connectivity index (χ1) is 7.58. The van der Waals surface area contributed by atoms with Crippen LogP contribution < -0.4 is 10.9 Å². The molecule has 0 aliphatic heterocycles. The number of aromatic nitrogens is 1. The normalized spacial score (nSPS) is 11.3. The summed E-state index contributed by atoms with van der Waals surface area (Å²) in [6, 6.07) is 5.77. The molecule has 16 heavy (non-hydrogen) atoms. The van der Waals surface area contributed by atoms with Gasteiger partial charge < -0.3 is 10.3 Å². The van der Waals surface area contributed by atoms with Crippen molar-refractivity contribution in [3.05, 3.63) is 34.2 Å². The van der Waals surface area contributed by atoms with Gasteiger partial charge >= 0.3 is 0 Å². The molecule has 0 saturated carbocycles. The Balaban J connectivity index is 2.34. The van der Waals surface area contributed by atoms with Crippen LogP contribution in [0.3, 0.4) is 0 Å². The molecule has 4 nitrogen and oxygen atoms in total. The van der Waals surface area contributed by atoms with Crippen LogP contribution in [-0.4, -0.2) is 36.1 Å². The lowest BCUT2D eigenvalue weighted by Crippen LogP contribution is -2.32. The largest absolute Gasteiger partial charge is 0.325 e. The highest BCUT2D eigenvalue weighted by Crippen LogP contribution is 1.95. The lowest BCUT2D eigenvalue weighted by Gasteiger charge is -2.17. The first-order valence-corrected chi connectivity index (χ1v) is 5.68. The molecule has 2 N–H and O–H groups in total. The minimum Gasteiger partial charge on any atom is -0.325 e. The highest BCUT2D eigenvalue weighted by molar-refractivity contribution is 5.03. The molecule has 0 aliphatic carbocycles. The van der Waals surface area contributed by atoms with Crippen molar-refractivity contribution in [1.29, 1.82) is 0 Å². The predicted octanol–water partition coefficient (Wildman–Crippen LogP) is 0.805. The van der Waals surface area contributed by atoms with Gasteiger partial charge in [0.2, 0.25) is 5.56 Å². The molecule has 0 bridgehead atoms. The minimum absolute atomic E-state index is 0.0359. The zero-order valence-corrected chi connectivity index (χ0v) is 10.3. The first-order valence-electron chi connectivity index (χ1n) is 5.68. The number of pyridine rings is 1. The maximum Gasteiger partial charge on any atom is 0.248 e. The summed E-state index contributed by atoms with van der Waals surface area (Å²) in [5.41, 5.74) is 0.922. The van der Waals surface area contributed by atoms with E-state index in [4.69, 9.17) is 0 Å². The van der Waals surface area contributed by atoms with Crippen LogP contribution >= 0.6 is 0 Å². The number of H-pyrrole nitrogens is 1. The highest BCUT2D eigenvalue weighted by Gasteiger charge is 2.01. The molecule has 0 spiro atoms. The lowest BCUT2D eigenvalue weighted by atomic mass is 10.3. The van der Waals surface area contributed by atoms with Gasteiger partial charge in [-0.2, -0.15) is 0 Å². The van der Waals surface area contributed by atoms with Crippen LogP contribution in [0.5, 0.6) is 0 Å². The van der Waals surface area contributed by atoms with Gasteiger partial charge in [-0.05, 0) is 13.1 Å². The Morgan fingerprint density at radius 3 is 2.81 bits per heavy atom. The Kier molecular flexibility index (Phi) is 5.22. The third-order valence-electron chi connectivity index (χ3n) is 2.32. The molecule has 0 unspecified atom stereocenters. The van der Waals surface area contributed by atoms with Gasteiger partial charge in [-0.3, -0.25) is 9.69 Å². The summed E-state index contributed by atoms with van der Waals surface area (Å²) in [4.78, 5) is 16.1. The van der Waals surface area contributed by atoms with E-state index in [1.165, 1.54) is 6.07 Å². The maximum atomic E-state index is 11.1. The molecule has 1 heterocycles. The summed E-state index contributed by atoms with van der Waals surface area (Å²) in [7, 11) is 2.05. The minimum atomic E-state index is -0.0359. The summed E-state index contributed by atoms with van der Waals surface area (Å²) in [5, 5.41) is 3.36. The summed E-state index contributed by atoms with van der Waals surface area (Å²) in [5.74, 6) is 0. The number of rotatable bonds is 6. The smallest absolute Gasteiger partial charge is 0.248 e. The average Bonchev–Trinajstić information content (AvgIpc) is 2.16. The van der Waals surface area contributed by atoms with Crippen LogP contribution in [-0.2, 0) is 6.54 Å². The van der Waals surface area contributed by atoms with Crippen LogP contribution in [0.2, 0.25) is 0 Å². The van der Waals surface area contributed by atoms with Crippen molar-refractivity contribution < 1.29 is 0 Å². The van der Waals surface area contributed by atoms with Crippen molar-refractivity contribution in [2.45, 2.75) is 26.4 Å². The van der Waals surface area contributed by atoms with Crippen LogP contribution in [0.4, 0.5) is 0 Å². The van der Waals surface area contributed by atoms with Crippen LogP contribution in [0.25, 0.3) is 0 Å². The van der Waals surface area contributed by atoms with Crippen molar-refractivity contribution in [3.63, 3.8) is 0 Å². The van der Waals surface area contributed by atoms with E-state index in [0.717, 1.165) is 25.3 Å². The van der Waals surface area contributed by atoms with E-state index in [2.05, 4.69) is 29.0 Å². The van der Waals surface area contributed by atoms with Gasteiger partial charge in [0, 0.05) is 37.4 Å². The Bertz CT molecular complexity index is 359. The van der Waals surface area contributed by atoms with Gasteiger partial charge in [0.1, 0.15) is 0 Å². The summed E-state index contributed by atoms with van der Waals surface area (Å²) < 4.78 is 0. The standard InChI is InChI=1S/C12H21N3O/c1-10(2)13-7-8-15(3)9-11-5-4-6-12(16)14-11/h4-6,10,13H,7-9H2,1-3H3,(H,14,16). The van der Waals surface area contributed by atoms with Gasteiger partial charge in [0.25, 0.3) is 0 Å². The fourth-order valence-electron chi connectivity index (χ4n) is 1.50. The summed E-state index contributed by atoms with van der Waals surface area (Å²) >= 11 is 0. The molecule has 0 aliphatic rings. The molecule has 0 aromatic carbocycles. The number of hydrogen-bond acceptors (Lipinski definition) is 3. The Hall–Kier alpha value is -1.13. The predicted molar refractivity (Wildman–Crippen MR) is 66.5 cm³/mol. The molecular formula is C12H21N3O. The second kappa shape index (κ2) is 6.45. The van der Waals surface area contributed by atoms with Crippen molar-refractivity contribution in [3.8, 4) is 0 Å². The second-order valence-electron chi connectivity index (χ2n) is 4.39. The first kappa shape index (κ1) is 12.9. The van der Waals surface area contributed by atoms with Gasteiger partial charge in [-0.1, -0.05) is 19.9 Å². The van der Waals surface area contributed by atoms with Crippen LogP contribution in [0.1, 0.15) is 19.5 Å². The van der Waals surface area contributed by atoms with E-state index in [0.29, 0.717) is 6.04 Å². The molecule has 0 saturated heterocycles. The van der Waals surface area contributed by atoms with Crippen molar-refractivity contribution in [2.24, 2.45) is 0 Å². The number of aromatic amines is 1. The third-order valence-corrected chi connectivity index (χ3v) is 2.32. The Labute approximate surface area is 96.7 Å². The molecule has 1 aromatic heterocycles. The van der Waals surface area contributed by atoms with E-state index in [-0.39, 0.29) is 5.56 Å². The topological polar surface area (TPSA) is 48.1 Å². The summed E-state index contributed by atoms with van der Waals surface area (Å²) in [6.07, 6.45) is 0. The molecule has 0 amide bonds. The van der Waals surface area contributed by atoms with Gasteiger partial charge in [0.05, 0.1) is 0 Å². The number of likely N-dealkylation sites (N-methyl/N-ethyl adjacent to an activating group) is 1. The van der Waals surface area contributed by atoms with E-state index in [9.17, 15) is 4.79 Å². The molecule has 0 atom stereocenters. The molecule has 1 rings (SSSR count). The van der Waals surface area contributed by atoms with Crippen molar-refractivity contribution in [2.75, 3.05) is 20.1 Å². The van der Waals surface area contributed by atoms with Gasteiger partial charge in [-0.25, -0.2) is 0 Å². The molecule has 4 heteroatoms. The fourth-order valence-corrected chi connectivity index (χ4v) is 1.50. The van der Waals surface area contributed by atoms with E-state index < -0.39 is 0 Å². The maximum absolute atomic E-state index is 11.1. The number of nitrogens with one attached hydrogen (secondary N) is 2. The summed E-state index contributed by atoms with van der Waals surface area (Å²) in [6.45, 7) is 6.97. The Morgan fingerprint density at radius 2 is 2.19 bits per heavy atom. The monoisotopic (exact) mass is 223 g/mol. The van der Waals surface area contributed by atoms with E-state index in [1.54, 1.807) is 6.07 Å². The second-order valence-corrected chi connectivity index (χ2v) is 4.39. The van der Waals surface area contributed by atoms with Crippen molar-refractivity contribution >= 4 is 0 Å². The zero-order valence-electron chi connectivity index (χ0n) is 10.3. The number of nitrogens with zero attached hydrogens (tertiary/aromatic N) is 1. The zero-order chi connectivity index (χ0) is 12.0. The van der Waals surface area contributed by atoms with Crippen LogP contribution in [0.15, 0.2) is 23.0 Å². The number of hydrogen-bond donors (Lipinski definition) is 2. The van der Waals surface area contributed by atoms with Gasteiger partial charge in [-0.15, -0.1) is 0 Å². The van der Waals surface area contributed by atoms with E-state index >= 15 is 0 Å². The molecule has 90 valence electrons. The molecule has 1 aromatic rings. The molecular weight excluding hydrogens is 202 g/mol. The molecule has 0 fully saturated rings. The fraction of sp³-hybridized carbons (Fsp3) is 0.583. The lowest BCUT2D eigenvalue weighted by molar-refractivity contribution is 0.316. The SMILES string of the molecule is CC(C)NCCN(C)Cc1cccc(=O)[nH]1. The highest BCUT2D eigenvalue weighted by atomic mass is 16.1.